The summed E-state index contributed by atoms with van der Waals surface area (Å²) in [6.07, 6.45) is -4.28. The normalized spacial score (nSPS) is 12.3. The lowest BCUT2D eigenvalue weighted by Gasteiger charge is -2.14. The molecule has 2 nitrogen and oxygen atoms in total. The fourth-order valence-corrected chi connectivity index (χ4v) is 2.58. The quantitative estimate of drug-likeness (QED) is 0.485. The highest BCUT2D eigenvalue weighted by molar-refractivity contribution is 6.12. The fourth-order valence-electron chi connectivity index (χ4n) is 2.58. The standard InChI is InChI=1S/C20H20F3NO/c1-3-14-11-8-12-15(4-2)19(14)24-18(20(21,22)23)13-17(25)16-9-6-5-7-10-16/h5-12H,3-4,13H2,1-2H3. The van der Waals surface area contributed by atoms with E-state index in [1.54, 1.807) is 30.3 Å². The molecule has 0 amide bonds. The van der Waals surface area contributed by atoms with Gasteiger partial charge in [0, 0.05) is 5.56 Å². The average molecular weight is 347 g/mol. The van der Waals surface area contributed by atoms with Crippen molar-refractivity contribution in [3.8, 4) is 0 Å². The van der Waals surface area contributed by atoms with Gasteiger partial charge in [0.05, 0.1) is 12.1 Å². The van der Waals surface area contributed by atoms with Crippen LogP contribution in [0.25, 0.3) is 0 Å². The fraction of sp³-hybridized carbons (Fsp3) is 0.300. The Morgan fingerprint density at radius 3 is 1.96 bits per heavy atom. The Morgan fingerprint density at radius 1 is 0.920 bits per heavy atom. The third-order valence-electron chi connectivity index (χ3n) is 3.96. The number of benzene rings is 2. The highest BCUT2D eigenvalue weighted by Gasteiger charge is 2.37. The van der Waals surface area contributed by atoms with Crippen LogP contribution in [0.1, 0.15) is 41.8 Å². The minimum Gasteiger partial charge on any atom is -0.294 e. The third kappa shape index (κ3) is 4.78. The monoisotopic (exact) mass is 347 g/mol. The molecule has 0 bridgehead atoms. The summed E-state index contributed by atoms with van der Waals surface area (Å²) < 4.78 is 40.4. The number of carbonyl (C=O) groups is 1. The Morgan fingerprint density at radius 2 is 1.48 bits per heavy atom. The molecule has 0 aliphatic rings. The van der Waals surface area contributed by atoms with Gasteiger partial charge >= 0.3 is 6.18 Å². The van der Waals surface area contributed by atoms with Crippen molar-refractivity contribution in [2.24, 2.45) is 4.99 Å². The first-order valence-electron chi connectivity index (χ1n) is 8.20. The predicted octanol–water partition coefficient (Wildman–Crippen LogP) is 5.72. The molecule has 0 atom stereocenters. The summed E-state index contributed by atoms with van der Waals surface area (Å²) in [5.41, 5.74) is 1.01. The number of halogens is 3. The second-order valence-electron chi connectivity index (χ2n) is 5.65. The van der Waals surface area contributed by atoms with Crippen molar-refractivity contribution in [2.45, 2.75) is 39.3 Å². The molecule has 0 saturated heterocycles. The molecule has 2 rings (SSSR count). The van der Waals surface area contributed by atoms with Gasteiger partial charge in [0.1, 0.15) is 5.71 Å². The Balaban J connectivity index is 2.46. The molecule has 0 fully saturated rings. The zero-order valence-electron chi connectivity index (χ0n) is 14.2. The van der Waals surface area contributed by atoms with Crippen LogP contribution in [0.2, 0.25) is 0 Å². The van der Waals surface area contributed by atoms with Crippen LogP contribution in [0.5, 0.6) is 0 Å². The van der Waals surface area contributed by atoms with Gasteiger partial charge in [-0.3, -0.25) is 4.79 Å². The van der Waals surface area contributed by atoms with Crippen molar-refractivity contribution in [3.05, 3.63) is 65.2 Å². The van der Waals surface area contributed by atoms with Gasteiger partial charge in [-0.2, -0.15) is 13.2 Å². The summed E-state index contributed by atoms with van der Waals surface area (Å²) in [6.45, 7) is 3.74. The van der Waals surface area contributed by atoms with Gasteiger partial charge in [-0.05, 0) is 24.0 Å². The summed E-state index contributed by atoms with van der Waals surface area (Å²) in [6, 6.07) is 13.3. The highest BCUT2D eigenvalue weighted by atomic mass is 19.4. The summed E-state index contributed by atoms with van der Waals surface area (Å²) in [5, 5.41) is 0. The molecule has 5 heteroatoms. The lowest BCUT2D eigenvalue weighted by Crippen LogP contribution is -2.26. The van der Waals surface area contributed by atoms with Gasteiger partial charge in [0.15, 0.2) is 5.78 Å². The topological polar surface area (TPSA) is 29.4 Å². The van der Waals surface area contributed by atoms with E-state index in [-0.39, 0.29) is 5.56 Å². The van der Waals surface area contributed by atoms with Crippen molar-refractivity contribution in [3.63, 3.8) is 0 Å². The SMILES string of the molecule is CCc1cccc(CC)c1N=C(CC(=O)c1ccccc1)C(F)(F)F. The Labute approximate surface area is 145 Å². The third-order valence-corrected chi connectivity index (χ3v) is 3.96. The van der Waals surface area contributed by atoms with Gasteiger partial charge < -0.3 is 0 Å². The second-order valence-corrected chi connectivity index (χ2v) is 5.65. The van der Waals surface area contributed by atoms with E-state index < -0.39 is 24.1 Å². The Bertz CT molecular complexity index is 742. The first-order valence-corrected chi connectivity index (χ1v) is 8.20. The smallest absolute Gasteiger partial charge is 0.294 e. The maximum atomic E-state index is 13.5. The Hall–Kier alpha value is -2.43. The van der Waals surface area contributed by atoms with Crippen LogP contribution in [0.15, 0.2) is 53.5 Å². The molecular formula is C20H20F3NO. The maximum Gasteiger partial charge on any atom is 0.429 e. The molecule has 0 heterocycles. The number of aliphatic imine (C=N–C) groups is 1. The van der Waals surface area contributed by atoms with Crippen molar-refractivity contribution >= 4 is 17.2 Å². The zero-order chi connectivity index (χ0) is 18.4. The number of rotatable bonds is 6. The molecule has 25 heavy (non-hydrogen) atoms. The van der Waals surface area contributed by atoms with E-state index in [0.29, 0.717) is 18.5 Å². The van der Waals surface area contributed by atoms with Crippen LogP contribution in [0, 0.1) is 0 Å². The minimum absolute atomic E-state index is 0.249. The second kappa shape index (κ2) is 8.10. The first kappa shape index (κ1) is 18.9. The number of hydrogen-bond acceptors (Lipinski definition) is 2. The van der Waals surface area contributed by atoms with E-state index in [1.807, 2.05) is 19.9 Å². The molecule has 0 aromatic heterocycles. The summed E-state index contributed by atoms with van der Waals surface area (Å²) in [4.78, 5) is 16.1. The number of nitrogens with zero attached hydrogens (tertiary/aromatic N) is 1. The highest BCUT2D eigenvalue weighted by Crippen LogP contribution is 2.30. The van der Waals surface area contributed by atoms with Crippen molar-refractivity contribution in [1.82, 2.24) is 0 Å². The largest absolute Gasteiger partial charge is 0.429 e. The summed E-state index contributed by atoms with van der Waals surface area (Å²) in [5.74, 6) is -0.594. The molecule has 0 radical (unpaired) electrons. The molecular weight excluding hydrogens is 327 g/mol. The predicted molar refractivity (Wildman–Crippen MR) is 93.7 cm³/mol. The van der Waals surface area contributed by atoms with E-state index in [1.165, 1.54) is 12.1 Å². The Kier molecular flexibility index (Phi) is 6.12. The molecule has 0 aliphatic carbocycles. The number of aryl methyl sites for hydroxylation is 2. The zero-order valence-corrected chi connectivity index (χ0v) is 14.2. The lowest BCUT2D eigenvalue weighted by atomic mass is 10.0. The van der Waals surface area contributed by atoms with E-state index >= 15 is 0 Å². The van der Waals surface area contributed by atoms with Crippen molar-refractivity contribution < 1.29 is 18.0 Å². The molecule has 0 spiro atoms. The van der Waals surface area contributed by atoms with E-state index in [4.69, 9.17) is 0 Å². The number of ketones is 1. The molecule has 0 N–H and O–H groups in total. The molecule has 0 aliphatic heterocycles. The van der Waals surface area contributed by atoms with Gasteiger partial charge in [-0.15, -0.1) is 0 Å². The first-order chi connectivity index (χ1) is 11.9. The van der Waals surface area contributed by atoms with Crippen LogP contribution in [0.3, 0.4) is 0 Å². The maximum absolute atomic E-state index is 13.5. The lowest BCUT2D eigenvalue weighted by molar-refractivity contribution is -0.0601. The summed E-state index contributed by atoms with van der Waals surface area (Å²) in [7, 11) is 0. The summed E-state index contributed by atoms with van der Waals surface area (Å²) >= 11 is 0. The van der Waals surface area contributed by atoms with Gasteiger partial charge in [0.25, 0.3) is 0 Å². The number of carbonyl (C=O) groups excluding carboxylic acids is 1. The van der Waals surface area contributed by atoms with Crippen LogP contribution in [-0.2, 0) is 12.8 Å². The van der Waals surface area contributed by atoms with Crippen LogP contribution in [-0.4, -0.2) is 17.7 Å². The number of hydrogen-bond donors (Lipinski definition) is 0. The van der Waals surface area contributed by atoms with E-state index in [2.05, 4.69) is 4.99 Å². The molecule has 2 aromatic rings. The molecule has 0 unspecified atom stereocenters. The number of alkyl halides is 3. The van der Waals surface area contributed by atoms with E-state index in [0.717, 1.165) is 11.1 Å². The number of Topliss-reactive ketones (excluding diaryl/α,β-unsaturated/α-hetero) is 1. The van der Waals surface area contributed by atoms with Gasteiger partial charge in [-0.1, -0.05) is 62.4 Å². The number of para-hydroxylation sites is 1. The van der Waals surface area contributed by atoms with Crippen molar-refractivity contribution in [2.75, 3.05) is 0 Å². The molecule has 0 saturated carbocycles. The molecule has 2 aromatic carbocycles. The van der Waals surface area contributed by atoms with Gasteiger partial charge in [0.2, 0.25) is 0 Å². The van der Waals surface area contributed by atoms with Crippen molar-refractivity contribution in [1.29, 1.82) is 0 Å². The average Bonchev–Trinajstić information content (AvgIpc) is 2.61. The van der Waals surface area contributed by atoms with Crippen LogP contribution < -0.4 is 0 Å². The molecule has 132 valence electrons. The van der Waals surface area contributed by atoms with E-state index in [9.17, 15) is 18.0 Å². The van der Waals surface area contributed by atoms with Crippen LogP contribution in [0.4, 0.5) is 18.9 Å². The van der Waals surface area contributed by atoms with Gasteiger partial charge in [-0.25, -0.2) is 4.99 Å². The minimum atomic E-state index is -4.66. The van der Waals surface area contributed by atoms with Crippen LogP contribution >= 0.6 is 0 Å².